The van der Waals surface area contributed by atoms with Crippen molar-refractivity contribution in [2.75, 3.05) is 6.61 Å². The van der Waals surface area contributed by atoms with Crippen molar-refractivity contribution in [1.29, 1.82) is 0 Å². The molecule has 1 aliphatic carbocycles. The highest BCUT2D eigenvalue weighted by molar-refractivity contribution is 6.86. The van der Waals surface area contributed by atoms with Gasteiger partial charge in [-0.05, 0) is 37.6 Å². The van der Waals surface area contributed by atoms with E-state index in [0.717, 1.165) is 31.1 Å². The van der Waals surface area contributed by atoms with Gasteiger partial charge in [-0.2, -0.15) is 0 Å². The zero-order valence-corrected chi connectivity index (χ0v) is 15.8. The van der Waals surface area contributed by atoms with E-state index in [4.69, 9.17) is 9.47 Å². The van der Waals surface area contributed by atoms with Gasteiger partial charge in [-0.15, -0.1) is 0 Å². The minimum Gasteiger partial charge on any atom is -0.493 e. The molecule has 0 aromatic heterocycles. The number of carbonyl (C=O) groups excluding carboxylic acids is 1. The Kier molecular flexibility index (Phi) is 4.52. The average Bonchev–Trinajstić information content (AvgIpc) is 2.97. The summed E-state index contributed by atoms with van der Waals surface area (Å²) in [6.45, 7) is 13.1. The van der Waals surface area contributed by atoms with Crippen LogP contribution in [-0.4, -0.2) is 37.5 Å². The van der Waals surface area contributed by atoms with Crippen molar-refractivity contribution in [2.24, 2.45) is 0 Å². The first-order valence-electron chi connectivity index (χ1n) is 8.35. The first kappa shape index (κ1) is 17.5. The van der Waals surface area contributed by atoms with Crippen molar-refractivity contribution in [3.63, 3.8) is 0 Å². The maximum absolute atomic E-state index is 12.5. The van der Waals surface area contributed by atoms with Crippen LogP contribution >= 0.6 is 0 Å². The van der Waals surface area contributed by atoms with Gasteiger partial charge in [0.25, 0.3) is 0 Å². The van der Waals surface area contributed by atoms with Crippen LogP contribution in [0.15, 0.2) is 11.0 Å². The highest BCUT2D eigenvalue weighted by Gasteiger charge is 2.57. The third-order valence-electron chi connectivity index (χ3n) is 5.71. The Hall–Kier alpha value is -0.813. The molecule has 1 saturated carbocycles. The summed E-state index contributed by atoms with van der Waals surface area (Å²) in [4.78, 5) is 12.5. The van der Waals surface area contributed by atoms with E-state index in [1.807, 2.05) is 0 Å². The lowest BCUT2D eigenvalue weighted by molar-refractivity contribution is -0.140. The molecule has 0 saturated heterocycles. The maximum Gasteiger partial charge on any atom is 0.339 e. The molecule has 1 N–H and O–H groups in total. The summed E-state index contributed by atoms with van der Waals surface area (Å²) in [6, 6.07) is 0. The molecule has 0 bridgehead atoms. The Balaban J connectivity index is 2.50. The summed E-state index contributed by atoms with van der Waals surface area (Å²) in [6.07, 6.45) is 2.86. The molecule has 1 aliphatic heterocycles. The quantitative estimate of drug-likeness (QED) is 0.636. The number of hydrogen-bond acceptors (Lipinski definition) is 4. The lowest BCUT2D eigenvalue weighted by Gasteiger charge is -2.39. The molecule has 126 valence electrons. The Labute approximate surface area is 134 Å². The Morgan fingerprint density at radius 1 is 1.36 bits per heavy atom. The lowest BCUT2D eigenvalue weighted by Crippen LogP contribution is -2.42. The highest BCUT2D eigenvalue weighted by Crippen LogP contribution is 2.52. The third kappa shape index (κ3) is 2.62. The van der Waals surface area contributed by atoms with Gasteiger partial charge in [-0.25, -0.2) is 4.79 Å². The smallest absolute Gasteiger partial charge is 0.339 e. The lowest BCUT2D eigenvalue weighted by atomic mass is 9.92. The van der Waals surface area contributed by atoms with E-state index in [0.29, 0.717) is 12.2 Å². The summed E-state index contributed by atoms with van der Waals surface area (Å²) in [7, 11) is -2.07. The van der Waals surface area contributed by atoms with Gasteiger partial charge in [0, 0.05) is 0 Å². The molecule has 5 heteroatoms. The summed E-state index contributed by atoms with van der Waals surface area (Å²) in [5, 5.41) is 11.7. The van der Waals surface area contributed by atoms with Crippen LogP contribution in [0.25, 0.3) is 0 Å². The first-order valence-corrected chi connectivity index (χ1v) is 11.4. The number of esters is 1. The molecule has 1 heterocycles. The number of aliphatic hydroxyl groups excluding tert-OH is 1. The molecule has 2 aliphatic rings. The molecule has 1 spiro atoms. The molecule has 0 amide bonds. The van der Waals surface area contributed by atoms with Gasteiger partial charge in [0.05, 0.1) is 12.0 Å². The molecule has 1 fully saturated rings. The fraction of sp³-hybridized carbons (Fsp3) is 0.824. The second-order valence-electron chi connectivity index (χ2n) is 8.11. The van der Waals surface area contributed by atoms with E-state index in [2.05, 4.69) is 33.9 Å². The monoisotopic (exact) mass is 326 g/mol. The Bertz CT molecular complexity index is 481. The van der Waals surface area contributed by atoms with E-state index in [-0.39, 0.29) is 5.04 Å². The standard InChI is InChI=1S/C17H30O4Si/c1-7-20-14(19)12-13(18)17(10-8-9-11-17)21-15(12)22(5,6)16(2,3)4/h13,18H,7-11H2,1-6H3. The topological polar surface area (TPSA) is 55.8 Å². The van der Waals surface area contributed by atoms with Crippen molar-refractivity contribution in [2.45, 2.75) is 83.2 Å². The Morgan fingerprint density at radius 2 is 1.91 bits per heavy atom. The van der Waals surface area contributed by atoms with E-state index in [1.54, 1.807) is 6.92 Å². The van der Waals surface area contributed by atoms with Crippen molar-refractivity contribution in [3.8, 4) is 0 Å². The van der Waals surface area contributed by atoms with Crippen LogP contribution in [0.4, 0.5) is 0 Å². The zero-order valence-electron chi connectivity index (χ0n) is 14.8. The van der Waals surface area contributed by atoms with Gasteiger partial charge < -0.3 is 14.6 Å². The van der Waals surface area contributed by atoms with Crippen molar-refractivity contribution < 1.29 is 19.4 Å². The SMILES string of the molecule is CCOC(=O)C1=C([Si](C)(C)C(C)(C)C)OC2(CCCC2)C1O. The van der Waals surface area contributed by atoms with Crippen LogP contribution in [0.3, 0.4) is 0 Å². The van der Waals surface area contributed by atoms with E-state index >= 15 is 0 Å². The normalized spacial score (nSPS) is 24.8. The Morgan fingerprint density at radius 3 is 2.36 bits per heavy atom. The van der Waals surface area contributed by atoms with Crippen molar-refractivity contribution >= 4 is 14.0 Å². The molecule has 22 heavy (non-hydrogen) atoms. The van der Waals surface area contributed by atoms with E-state index < -0.39 is 25.7 Å². The second-order valence-corrected chi connectivity index (χ2v) is 13.3. The summed E-state index contributed by atoms with van der Waals surface area (Å²) in [5.74, 6) is -0.404. The number of carbonyl (C=O) groups is 1. The minimum absolute atomic E-state index is 0.0317. The van der Waals surface area contributed by atoms with Crippen molar-refractivity contribution in [3.05, 3.63) is 11.0 Å². The fourth-order valence-electron chi connectivity index (χ4n) is 3.27. The maximum atomic E-state index is 12.5. The second kappa shape index (κ2) is 5.68. The van der Waals surface area contributed by atoms with Crippen LogP contribution in [0.5, 0.6) is 0 Å². The van der Waals surface area contributed by atoms with Gasteiger partial charge in [-0.1, -0.05) is 33.9 Å². The van der Waals surface area contributed by atoms with Crippen LogP contribution in [-0.2, 0) is 14.3 Å². The fourth-order valence-corrected chi connectivity index (χ4v) is 5.32. The molecule has 0 aromatic carbocycles. The van der Waals surface area contributed by atoms with Crippen LogP contribution in [0.1, 0.15) is 53.4 Å². The molecule has 0 aromatic rings. The first-order chi connectivity index (χ1) is 10.1. The number of rotatable bonds is 3. The largest absolute Gasteiger partial charge is 0.493 e. The number of hydrogen-bond donors (Lipinski definition) is 1. The van der Waals surface area contributed by atoms with Crippen molar-refractivity contribution in [1.82, 2.24) is 0 Å². The molecule has 1 atom stereocenters. The predicted octanol–water partition coefficient (Wildman–Crippen LogP) is 3.56. The molecular weight excluding hydrogens is 296 g/mol. The van der Waals surface area contributed by atoms with Gasteiger partial charge in [0.1, 0.15) is 25.4 Å². The van der Waals surface area contributed by atoms with Gasteiger partial charge >= 0.3 is 5.97 Å². The molecule has 2 rings (SSSR count). The van der Waals surface area contributed by atoms with E-state index in [9.17, 15) is 9.90 Å². The van der Waals surface area contributed by atoms with E-state index in [1.165, 1.54) is 0 Å². The van der Waals surface area contributed by atoms with Gasteiger partial charge in [-0.3, -0.25) is 0 Å². The van der Waals surface area contributed by atoms with Crippen LogP contribution < -0.4 is 0 Å². The zero-order chi connectivity index (χ0) is 16.8. The summed E-state index contributed by atoms with van der Waals surface area (Å²) < 4.78 is 11.6. The third-order valence-corrected chi connectivity index (χ3v) is 11.0. The average molecular weight is 327 g/mol. The molecule has 4 nitrogen and oxygen atoms in total. The van der Waals surface area contributed by atoms with Gasteiger partial charge in [0.2, 0.25) is 0 Å². The van der Waals surface area contributed by atoms with Crippen LogP contribution in [0.2, 0.25) is 18.1 Å². The summed E-state index contributed by atoms with van der Waals surface area (Å²) in [5.41, 5.74) is -0.192. The number of ether oxygens (including phenoxy) is 2. The minimum atomic E-state index is -2.07. The summed E-state index contributed by atoms with van der Waals surface area (Å²) >= 11 is 0. The number of aliphatic hydroxyl groups is 1. The van der Waals surface area contributed by atoms with Gasteiger partial charge in [0.15, 0.2) is 0 Å². The highest BCUT2D eigenvalue weighted by atomic mass is 28.3. The van der Waals surface area contributed by atoms with Crippen LogP contribution in [0, 0.1) is 0 Å². The molecular formula is C17H30O4Si. The predicted molar refractivity (Wildman–Crippen MR) is 89.1 cm³/mol. The molecule has 1 unspecified atom stereocenters. The molecule has 0 radical (unpaired) electrons.